The van der Waals surface area contributed by atoms with E-state index in [0.717, 1.165) is 60.7 Å². The number of aromatic nitrogens is 1. The first-order valence-electron chi connectivity index (χ1n) is 9.72. The van der Waals surface area contributed by atoms with Crippen molar-refractivity contribution in [3.05, 3.63) is 23.2 Å². The third kappa shape index (κ3) is 4.38. The Morgan fingerprint density at radius 2 is 1.92 bits per heavy atom. The van der Waals surface area contributed by atoms with Crippen molar-refractivity contribution < 1.29 is 4.79 Å². The van der Waals surface area contributed by atoms with Gasteiger partial charge in [0, 0.05) is 19.0 Å². The molecule has 0 aliphatic heterocycles. The van der Waals surface area contributed by atoms with Crippen LogP contribution in [0.25, 0.3) is 10.2 Å². The van der Waals surface area contributed by atoms with Gasteiger partial charge in [0.1, 0.15) is 5.52 Å². The van der Waals surface area contributed by atoms with Crippen molar-refractivity contribution in [2.75, 3.05) is 31.1 Å². The van der Waals surface area contributed by atoms with Crippen LogP contribution in [0.3, 0.4) is 0 Å². The normalized spacial score (nSPS) is 15.7. The van der Waals surface area contributed by atoms with E-state index in [4.69, 9.17) is 16.6 Å². The summed E-state index contributed by atoms with van der Waals surface area (Å²) in [7, 11) is 0. The van der Waals surface area contributed by atoms with Crippen molar-refractivity contribution in [2.45, 2.75) is 46.0 Å². The molecule has 1 aromatic carbocycles. The smallest absolute Gasteiger partial charge is 0.231 e. The molecule has 142 valence electrons. The first-order chi connectivity index (χ1) is 12.6. The Balaban J connectivity index is 1.87. The lowest BCUT2D eigenvalue weighted by atomic mass is 9.88. The third-order valence-corrected chi connectivity index (χ3v) is 6.69. The second kappa shape index (κ2) is 9.16. The molecule has 1 heterocycles. The van der Waals surface area contributed by atoms with Crippen LogP contribution in [0.1, 0.15) is 46.0 Å². The number of likely N-dealkylation sites (N-methyl/N-ethyl adjacent to an activating group) is 1. The molecular formula is C20H28ClN3OS. The highest BCUT2D eigenvalue weighted by Crippen LogP contribution is 2.34. The van der Waals surface area contributed by atoms with E-state index in [0.29, 0.717) is 11.6 Å². The zero-order valence-electron chi connectivity index (χ0n) is 15.7. The summed E-state index contributed by atoms with van der Waals surface area (Å²) in [6.07, 6.45) is 5.58. The van der Waals surface area contributed by atoms with Crippen LogP contribution >= 0.6 is 22.9 Å². The van der Waals surface area contributed by atoms with Crippen LogP contribution in [0.2, 0.25) is 5.02 Å². The molecule has 6 heteroatoms. The molecule has 3 rings (SSSR count). The zero-order valence-corrected chi connectivity index (χ0v) is 17.3. The highest BCUT2D eigenvalue weighted by Gasteiger charge is 2.29. The van der Waals surface area contributed by atoms with Crippen molar-refractivity contribution in [3.8, 4) is 0 Å². The number of fused-ring (bicyclic) bond motifs is 1. The van der Waals surface area contributed by atoms with Gasteiger partial charge in [-0.15, -0.1) is 0 Å². The third-order valence-electron chi connectivity index (χ3n) is 5.34. The summed E-state index contributed by atoms with van der Waals surface area (Å²) in [6, 6.07) is 5.82. The number of nitrogens with zero attached hydrogens (tertiary/aromatic N) is 3. The van der Waals surface area contributed by atoms with E-state index in [1.807, 2.05) is 23.1 Å². The van der Waals surface area contributed by atoms with Gasteiger partial charge in [-0.3, -0.25) is 9.69 Å². The molecule has 1 aromatic heterocycles. The van der Waals surface area contributed by atoms with Gasteiger partial charge in [-0.2, -0.15) is 0 Å². The maximum atomic E-state index is 13.3. The fourth-order valence-electron chi connectivity index (χ4n) is 3.67. The topological polar surface area (TPSA) is 36.4 Å². The van der Waals surface area contributed by atoms with Crippen LogP contribution in [0.5, 0.6) is 0 Å². The number of anilines is 1. The number of hydrogen-bond acceptors (Lipinski definition) is 4. The Morgan fingerprint density at radius 3 is 2.58 bits per heavy atom. The highest BCUT2D eigenvalue weighted by molar-refractivity contribution is 7.22. The van der Waals surface area contributed by atoms with Crippen LogP contribution in [0.4, 0.5) is 5.13 Å². The maximum Gasteiger partial charge on any atom is 0.231 e. The van der Waals surface area contributed by atoms with E-state index in [-0.39, 0.29) is 11.8 Å². The molecule has 0 saturated heterocycles. The quantitative estimate of drug-likeness (QED) is 0.648. The minimum atomic E-state index is 0.142. The van der Waals surface area contributed by atoms with Gasteiger partial charge in [0.2, 0.25) is 5.91 Å². The number of halogens is 1. The van der Waals surface area contributed by atoms with Gasteiger partial charge in [0.05, 0.1) is 9.72 Å². The van der Waals surface area contributed by atoms with E-state index in [1.54, 1.807) is 11.3 Å². The van der Waals surface area contributed by atoms with Gasteiger partial charge in [-0.05, 0) is 38.1 Å². The molecule has 0 bridgehead atoms. The highest BCUT2D eigenvalue weighted by atomic mass is 35.5. The molecule has 26 heavy (non-hydrogen) atoms. The molecule has 1 amide bonds. The van der Waals surface area contributed by atoms with Gasteiger partial charge < -0.3 is 4.90 Å². The summed E-state index contributed by atoms with van der Waals surface area (Å²) in [5, 5.41) is 1.44. The molecule has 1 fully saturated rings. The summed E-state index contributed by atoms with van der Waals surface area (Å²) < 4.78 is 1.04. The molecule has 1 aliphatic rings. The lowest BCUT2D eigenvalue weighted by Crippen LogP contribution is -2.42. The van der Waals surface area contributed by atoms with Crippen LogP contribution in [0.15, 0.2) is 18.2 Å². The molecule has 0 radical (unpaired) electrons. The number of amides is 1. The average molecular weight is 394 g/mol. The lowest BCUT2D eigenvalue weighted by Gasteiger charge is -2.29. The second-order valence-electron chi connectivity index (χ2n) is 6.93. The number of carbonyl (C=O) groups is 1. The van der Waals surface area contributed by atoms with Crippen molar-refractivity contribution in [1.82, 2.24) is 9.88 Å². The monoisotopic (exact) mass is 393 g/mol. The number of hydrogen-bond donors (Lipinski definition) is 0. The number of thiazole rings is 1. The standard InChI is InChI=1S/C20H28ClN3OS/c1-3-23(4-2)13-14-24(19(25)15-9-6-5-7-10-15)20-22-18-16(21)11-8-12-17(18)26-20/h8,11-12,15H,3-7,9-10,13-14H2,1-2H3. The molecule has 1 aliphatic carbocycles. The van der Waals surface area contributed by atoms with Crippen molar-refractivity contribution >= 4 is 44.2 Å². The van der Waals surface area contributed by atoms with Crippen LogP contribution in [-0.4, -0.2) is 42.0 Å². The Kier molecular flexibility index (Phi) is 6.90. The molecule has 0 N–H and O–H groups in total. The zero-order chi connectivity index (χ0) is 18.5. The first-order valence-corrected chi connectivity index (χ1v) is 10.9. The van der Waals surface area contributed by atoms with E-state index in [9.17, 15) is 4.79 Å². The van der Waals surface area contributed by atoms with E-state index in [2.05, 4.69) is 18.7 Å². The summed E-state index contributed by atoms with van der Waals surface area (Å²) in [5.74, 6) is 0.384. The molecule has 0 atom stereocenters. The SMILES string of the molecule is CCN(CC)CCN(C(=O)C1CCCCC1)c1nc2c(Cl)cccc2s1. The van der Waals surface area contributed by atoms with Gasteiger partial charge in [0.15, 0.2) is 5.13 Å². The van der Waals surface area contributed by atoms with Gasteiger partial charge in [0.25, 0.3) is 0 Å². The lowest BCUT2D eigenvalue weighted by molar-refractivity contribution is -0.123. The Morgan fingerprint density at radius 1 is 1.19 bits per heavy atom. The Labute approximate surface area is 165 Å². The minimum Gasteiger partial charge on any atom is -0.302 e. The second-order valence-corrected chi connectivity index (χ2v) is 8.35. The number of rotatable bonds is 7. The maximum absolute atomic E-state index is 13.3. The van der Waals surface area contributed by atoms with Crippen molar-refractivity contribution in [1.29, 1.82) is 0 Å². The van der Waals surface area contributed by atoms with Crippen molar-refractivity contribution in [3.63, 3.8) is 0 Å². The number of carbonyl (C=O) groups excluding carboxylic acids is 1. The largest absolute Gasteiger partial charge is 0.302 e. The predicted octanol–water partition coefficient (Wildman–Crippen LogP) is 5.20. The van der Waals surface area contributed by atoms with Gasteiger partial charge in [-0.25, -0.2) is 4.98 Å². The van der Waals surface area contributed by atoms with E-state index >= 15 is 0 Å². The fourth-order valence-corrected chi connectivity index (χ4v) is 4.97. The fraction of sp³-hybridized carbons (Fsp3) is 0.600. The van der Waals surface area contributed by atoms with Gasteiger partial charge in [-0.1, -0.05) is 62.1 Å². The average Bonchev–Trinajstić information content (AvgIpc) is 3.11. The summed E-state index contributed by atoms with van der Waals surface area (Å²) in [6.45, 7) is 7.87. The van der Waals surface area contributed by atoms with Crippen LogP contribution in [0, 0.1) is 5.92 Å². The number of para-hydroxylation sites is 1. The first kappa shape index (κ1) is 19.6. The van der Waals surface area contributed by atoms with Gasteiger partial charge >= 0.3 is 0 Å². The van der Waals surface area contributed by atoms with E-state index in [1.165, 1.54) is 6.42 Å². The Hall–Kier alpha value is -1.17. The molecule has 1 saturated carbocycles. The van der Waals surface area contributed by atoms with E-state index < -0.39 is 0 Å². The summed E-state index contributed by atoms with van der Waals surface area (Å²) >= 11 is 7.88. The molecular weight excluding hydrogens is 366 g/mol. The predicted molar refractivity (Wildman–Crippen MR) is 111 cm³/mol. The van der Waals surface area contributed by atoms with Crippen LogP contribution < -0.4 is 4.90 Å². The van der Waals surface area contributed by atoms with Crippen LogP contribution in [-0.2, 0) is 4.79 Å². The molecule has 0 unspecified atom stereocenters. The molecule has 0 spiro atoms. The summed E-state index contributed by atoms with van der Waals surface area (Å²) in [5.41, 5.74) is 0.804. The molecule has 4 nitrogen and oxygen atoms in total. The molecule has 2 aromatic rings. The number of benzene rings is 1. The minimum absolute atomic E-state index is 0.142. The summed E-state index contributed by atoms with van der Waals surface area (Å²) in [4.78, 5) is 22.3. The Bertz CT molecular complexity index is 738. The van der Waals surface area contributed by atoms with Crippen molar-refractivity contribution in [2.24, 2.45) is 5.92 Å².